The molecule has 0 spiro atoms. The van der Waals surface area contributed by atoms with Gasteiger partial charge in [-0.15, -0.1) is 24.0 Å². The smallest absolute Gasteiger partial charge is 0.220 e. The van der Waals surface area contributed by atoms with Gasteiger partial charge >= 0.3 is 0 Å². The summed E-state index contributed by atoms with van der Waals surface area (Å²) in [4.78, 5) is 9.03. The highest BCUT2D eigenvalue weighted by Crippen LogP contribution is 2.13. The van der Waals surface area contributed by atoms with Crippen molar-refractivity contribution in [2.45, 2.75) is 31.4 Å². The Kier molecular flexibility index (Phi) is 10.1. The van der Waals surface area contributed by atoms with E-state index >= 15 is 0 Å². The van der Waals surface area contributed by atoms with E-state index in [1.165, 1.54) is 49.5 Å². The number of aliphatic imine (C=N–C) groups is 1. The first-order chi connectivity index (χ1) is 13.6. The zero-order valence-corrected chi connectivity index (χ0v) is 20.3. The number of unbranched alkanes of at least 4 members (excludes halogenated alkanes) is 1. The Morgan fingerprint density at radius 2 is 1.90 bits per heavy atom. The van der Waals surface area contributed by atoms with E-state index in [1.807, 2.05) is 0 Å². The zero-order chi connectivity index (χ0) is 19.8. The van der Waals surface area contributed by atoms with Crippen LogP contribution in [0.2, 0.25) is 0 Å². The first-order valence-electron chi connectivity index (χ1n) is 10.1. The van der Waals surface area contributed by atoms with Crippen molar-refractivity contribution in [1.82, 2.24) is 24.6 Å². The average Bonchev–Trinajstić information content (AvgIpc) is 3.39. The van der Waals surface area contributed by atoms with Crippen molar-refractivity contribution in [2.75, 3.05) is 59.4 Å². The standard InChI is InChI=1S/C18H32N6O3S.HI/c1-19-18(20-7-2-3-8-22-9-4-5-10-22)23-11-13-24(14-12-23)28(25,26)16-17-6-15-27-21-17;/h6,15H,2-5,7-14,16H2,1H3,(H,19,20);1H. The van der Waals surface area contributed by atoms with Crippen LogP contribution in [0.15, 0.2) is 21.8 Å². The molecule has 1 N–H and O–H groups in total. The Balaban J connectivity index is 0.00000300. The number of nitrogens with zero attached hydrogens (tertiary/aromatic N) is 5. The molecule has 0 atom stereocenters. The third-order valence-corrected chi connectivity index (χ3v) is 7.16. The molecule has 0 saturated carbocycles. The maximum atomic E-state index is 12.5. The highest BCUT2D eigenvalue weighted by molar-refractivity contribution is 14.0. The van der Waals surface area contributed by atoms with Gasteiger partial charge in [-0.1, -0.05) is 5.16 Å². The van der Waals surface area contributed by atoms with Crippen LogP contribution in [0.1, 0.15) is 31.4 Å². The molecule has 0 radical (unpaired) electrons. The number of likely N-dealkylation sites (tertiary alicyclic amines) is 1. The van der Waals surface area contributed by atoms with Gasteiger partial charge in [-0.25, -0.2) is 8.42 Å². The van der Waals surface area contributed by atoms with Gasteiger partial charge < -0.3 is 19.6 Å². The first kappa shape index (κ1) is 24.4. The molecule has 0 bridgehead atoms. The van der Waals surface area contributed by atoms with Crippen molar-refractivity contribution in [1.29, 1.82) is 0 Å². The number of aromatic nitrogens is 1. The lowest BCUT2D eigenvalue weighted by Crippen LogP contribution is -2.54. The average molecular weight is 540 g/mol. The quantitative estimate of drug-likeness (QED) is 0.229. The van der Waals surface area contributed by atoms with Gasteiger partial charge in [0.05, 0.1) is 5.69 Å². The molecule has 3 heterocycles. The van der Waals surface area contributed by atoms with E-state index in [1.54, 1.807) is 13.1 Å². The summed E-state index contributed by atoms with van der Waals surface area (Å²) in [6, 6.07) is 1.59. The molecule has 1 aromatic rings. The van der Waals surface area contributed by atoms with Crippen molar-refractivity contribution in [3.8, 4) is 0 Å². The Bertz CT molecular complexity index is 714. The maximum Gasteiger partial charge on any atom is 0.220 e. The fourth-order valence-electron chi connectivity index (χ4n) is 3.77. The molecule has 2 aliphatic rings. The molecule has 0 amide bonds. The molecule has 3 rings (SSSR count). The van der Waals surface area contributed by atoms with Crippen LogP contribution >= 0.6 is 24.0 Å². The Hall–Kier alpha value is -0.920. The summed E-state index contributed by atoms with van der Waals surface area (Å²) in [6.07, 6.45) is 6.37. The molecule has 29 heavy (non-hydrogen) atoms. The van der Waals surface area contributed by atoms with Crippen LogP contribution in [0.4, 0.5) is 0 Å². The van der Waals surface area contributed by atoms with Crippen LogP contribution in [-0.4, -0.2) is 93.0 Å². The number of hydrogen-bond acceptors (Lipinski definition) is 6. The van der Waals surface area contributed by atoms with Gasteiger partial charge in [0.25, 0.3) is 0 Å². The minimum absolute atomic E-state index is 0. The number of sulfonamides is 1. The van der Waals surface area contributed by atoms with Crippen molar-refractivity contribution < 1.29 is 12.9 Å². The fourth-order valence-corrected chi connectivity index (χ4v) is 5.19. The largest absolute Gasteiger partial charge is 0.364 e. The SMILES string of the molecule is CN=C(NCCCCN1CCCC1)N1CCN(S(=O)(=O)Cc2ccon2)CC1.I. The highest BCUT2D eigenvalue weighted by Gasteiger charge is 2.28. The van der Waals surface area contributed by atoms with Crippen LogP contribution in [0.5, 0.6) is 0 Å². The van der Waals surface area contributed by atoms with Gasteiger partial charge in [0, 0.05) is 45.8 Å². The Morgan fingerprint density at radius 1 is 1.17 bits per heavy atom. The van der Waals surface area contributed by atoms with Crippen molar-refractivity contribution in [2.24, 2.45) is 4.99 Å². The monoisotopic (exact) mass is 540 g/mol. The molecule has 0 unspecified atom stereocenters. The predicted octanol–water partition coefficient (Wildman–Crippen LogP) is 1.19. The molecule has 0 aromatic carbocycles. The Morgan fingerprint density at radius 3 is 2.52 bits per heavy atom. The number of rotatable bonds is 8. The molecule has 2 fully saturated rings. The molecular formula is C18H33IN6O3S. The summed E-state index contributed by atoms with van der Waals surface area (Å²) < 4.78 is 31.3. The van der Waals surface area contributed by atoms with E-state index < -0.39 is 10.0 Å². The van der Waals surface area contributed by atoms with E-state index in [9.17, 15) is 8.42 Å². The van der Waals surface area contributed by atoms with Crippen LogP contribution in [0.3, 0.4) is 0 Å². The number of halogens is 1. The number of hydrogen-bond donors (Lipinski definition) is 1. The zero-order valence-electron chi connectivity index (χ0n) is 17.1. The second-order valence-corrected chi connectivity index (χ2v) is 9.33. The normalized spacial score (nSPS) is 19.3. The fraction of sp³-hybridized carbons (Fsp3) is 0.778. The number of guanidine groups is 1. The molecule has 166 valence electrons. The first-order valence-corrected chi connectivity index (χ1v) is 11.7. The van der Waals surface area contributed by atoms with Crippen molar-refractivity contribution >= 4 is 40.0 Å². The minimum atomic E-state index is -3.38. The van der Waals surface area contributed by atoms with Crippen molar-refractivity contribution in [3.63, 3.8) is 0 Å². The second-order valence-electron chi connectivity index (χ2n) is 7.36. The van der Waals surface area contributed by atoms with E-state index in [-0.39, 0.29) is 29.7 Å². The molecule has 2 aliphatic heterocycles. The van der Waals surface area contributed by atoms with E-state index in [0.29, 0.717) is 31.9 Å². The van der Waals surface area contributed by atoms with Crippen LogP contribution in [0.25, 0.3) is 0 Å². The van der Waals surface area contributed by atoms with Gasteiger partial charge in [0.2, 0.25) is 10.0 Å². The third-order valence-electron chi connectivity index (χ3n) is 5.35. The third kappa shape index (κ3) is 7.37. The van der Waals surface area contributed by atoms with Gasteiger partial charge in [-0.3, -0.25) is 4.99 Å². The van der Waals surface area contributed by atoms with E-state index in [2.05, 4.69) is 25.3 Å². The molecule has 1 aromatic heterocycles. The predicted molar refractivity (Wildman–Crippen MR) is 124 cm³/mol. The molecule has 2 saturated heterocycles. The number of piperazine rings is 1. The van der Waals surface area contributed by atoms with E-state index in [0.717, 1.165) is 18.9 Å². The summed E-state index contributed by atoms with van der Waals surface area (Å²) in [7, 11) is -1.60. The van der Waals surface area contributed by atoms with Gasteiger partial charge in [0.1, 0.15) is 12.0 Å². The van der Waals surface area contributed by atoms with Gasteiger partial charge in [-0.2, -0.15) is 4.31 Å². The Labute approximate surface area is 190 Å². The van der Waals surface area contributed by atoms with Gasteiger partial charge in [-0.05, 0) is 45.3 Å². The lowest BCUT2D eigenvalue weighted by Gasteiger charge is -2.35. The lowest BCUT2D eigenvalue weighted by atomic mass is 10.3. The summed E-state index contributed by atoms with van der Waals surface area (Å²) in [5, 5.41) is 7.12. The second kappa shape index (κ2) is 12.1. The summed E-state index contributed by atoms with van der Waals surface area (Å²) in [6.45, 7) is 6.74. The van der Waals surface area contributed by atoms with Crippen LogP contribution in [0, 0.1) is 0 Å². The summed E-state index contributed by atoms with van der Waals surface area (Å²) in [5.41, 5.74) is 0.439. The molecule has 11 heteroatoms. The summed E-state index contributed by atoms with van der Waals surface area (Å²) >= 11 is 0. The highest BCUT2D eigenvalue weighted by atomic mass is 127. The van der Waals surface area contributed by atoms with Crippen LogP contribution in [-0.2, 0) is 15.8 Å². The number of nitrogens with one attached hydrogen (secondary N) is 1. The minimum Gasteiger partial charge on any atom is -0.364 e. The van der Waals surface area contributed by atoms with Crippen LogP contribution < -0.4 is 5.32 Å². The topological polar surface area (TPSA) is 94.3 Å². The summed E-state index contributed by atoms with van der Waals surface area (Å²) in [5.74, 6) is 0.739. The van der Waals surface area contributed by atoms with E-state index in [4.69, 9.17) is 4.52 Å². The molecule has 9 nitrogen and oxygen atoms in total. The maximum absolute atomic E-state index is 12.5. The lowest BCUT2D eigenvalue weighted by molar-refractivity contribution is 0.259. The van der Waals surface area contributed by atoms with Crippen molar-refractivity contribution in [3.05, 3.63) is 18.0 Å². The molecule has 0 aliphatic carbocycles. The van der Waals surface area contributed by atoms with Gasteiger partial charge in [0.15, 0.2) is 5.96 Å². The molecular weight excluding hydrogens is 507 g/mol.